The van der Waals surface area contributed by atoms with E-state index in [0.717, 1.165) is 51.5 Å². The molecule has 6 nitrogen and oxygen atoms in total. The van der Waals surface area contributed by atoms with Gasteiger partial charge in [-0.3, -0.25) is 0 Å². The number of piperazine rings is 1. The van der Waals surface area contributed by atoms with E-state index in [1.54, 1.807) is 6.20 Å². The molecule has 1 aromatic heterocycles. The van der Waals surface area contributed by atoms with E-state index in [2.05, 4.69) is 51.0 Å². The molecule has 0 unspecified atom stereocenters. The second kappa shape index (κ2) is 8.67. The monoisotopic (exact) mass is 341 g/mol. The van der Waals surface area contributed by atoms with E-state index in [4.69, 9.17) is 0 Å². The predicted molar refractivity (Wildman–Crippen MR) is 98.3 cm³/mol. The number of carbonyl (C=O) groups is 1. The third kappa shape index (κ3) is 4.82. The Morgan fingerprint density at radius 1 is 1.16 bits per heavy atom. The maximum absolute atomic E-state index is 12.3. The van der Waals surface area contributed by atoms with Gasteiger partial charge in [0.15, 0.2) is 0 Å². The molecular weight excluding hydrogens is 314 g/mol. The number of hydrogen-bond donors (Lipinski definition) is 1. The van der Waals surface area contributed by atoms with Crippen LogP contribution in [-0.4, -0.2) is 58.1 Å². The lowest BCUT2D eigenvalue weighted by Crippen LogP contribution is -2.51. The van der Waals surface area contributed by atoms with Gasteiger partial charge < -0.3 is 19.7 Å². The number of likely N-dealkylation sites (N-methyl/N-ethyl adjacent to an activating group) is 1. The highest BCUT2D eigenvalue weighted by atomic mass is 16.2. The predicted octanol–water partition coefficient (Wildman–Crippen LogP) is 1.97. The highest BCUT2D eigenvalue weighted by molar-refractivity contribution is 5.74. The minimum Gasteiger partial charge on any atom is -0.333 e. The van der Waals surface area contributed by atoms with Crippen molar-refractivity contribution in [1.29, 1.82) is 0 Å². The largest absolute Gasteiger partial charge is 0.333 e. The summed E-state index contributed by atoms with van der Waals surface area (Å²) in [5.41, 5.74) is 1.31. The molecule has 3 rings (SSSR count). The number of hydrogen-bond acceptors (Lipinski definition) is 3. The van der Waals surface area contributed by atoms with Crippen molar-refractivity contribution in [2.75, 3.05) is 32.7 Å². The van der Waals surface area contributed by atoms with Crippen LogP contribution in [-0.2, 0) is 19.5 Å². The Labute approximate surface area is 149 Å². The van der Waals surface area contributed by atoms with Gasteiger partial charge in [0.25, 0.3) is 0 Å². The van der Waals surface area contributed by atoms with Crippen LogP contribution in [0.25, 0.3) is 0 Å². The van der Waals surface area contributed by atoms with Crippen LogP contribution in [0.4, 0.5) is 4.79 Å². The summed E-state index contributed by atoms with van der Waals surface area (Å²) in [6, 6.07) is 10.4. The van der Waals surface area contributed by atoms with Crippen molar-refractivity contribution in [3.63, 3.8) is 0 Å². The summed E-state index contributed by atoms with van der Waals surface area (Å²) >= 11 is 0. The number of benzene rings is 1. The summed E-state index contributed by atoms with van der Waals surface area (Å²) < 4.78 is 2.11. The van der Waals surface area contributed by atoms with Crippen molar-refractivity contribution in [2.45, 2.75) is 26.4 Å². The highest BCUT2D eigenvalue weighted by Crippen LogP contribution is 2.05. The summed E-state index contributed by atoms with van der Waals surface area (Å²) in [6.07, 6.45) is 4.73. The molecule has 1 aromatic carbocycles. The molecule has 134 valence electrons. The molecule has 25 heavy (non-hydrogen) atoms. The van der Waals surface area contributed by atoms with Crippen LogP contribution >= 0.6 is 0 Å². The minimum absolute atomic E-state index is 0.00774. The molecule has 2 aromatic rings. The van der Waals surface area contributed by atoms with E-state index < -0.39 is 0 Å². The molecular formula is C19H27N5O. The molecule has 0 atom stereocenters. The molecule has 1 saturated heterocycles. The van der Waals surface area contributed by atoms with E-state index in [0.29, 0.717) is 6.54 Å². The summed E-state index contributed by atoms with van der Waals surface area (Å²) in [6.45, 7) is 8.04. The topological polar surface area (TPSA) is 53.4 Å². The Morgan fingerprint density at radius 2 is 1.92 bits per heavy atom. The van der Waals surface area contributed by atoms with E-state index in [1.165, 1.54) is 5.56 Å². The van der Waals surface area contributed by atoms with Gasteiger partial charge in [-0.25, -0.2) is 9.78 Å². The smallest absolute Gasteiger partial charge is 0.317 e. The van der Waals surface area contributed by atoms with Gasteiger partial charge in [-0.2, -0.15) is 0 Å². The number of nitrogens with one attached hydrogen (secondary N) is 1. The van der Waals surface area contributed by atoms with Gasteiger partial charge in [-0.05, 0) is 18.5 Å². The number of aryl methyl sites for hydroxylation is 2. The highest BCUT2D eigenvalue weighted by Gasteiger charge is 2.20. The minimum atomic E-state index is 0.00774. The number of imidazole rings is 1. The molecule has 0 bridgehead atoms. The molecule has 2 heterocycles. The molecule has 2 amide bonds. The maximum Gasteiger partial charge on any atom is 0.317 e. The van der Waals surface area contributed by atoms with Crippen LogP contribution in [0.1, 0.15) is 18.3 Å². The summed E-state index contributed by atoms with van der Waals surface area (Å²) in [5.74, 6) is 0.900. The van der Waals surface area contributed by atoms with Gasteiger partial charge >= 0.3 is 6.03 Å². The second-order valence-electron chi connectivity index (χ2n) is 6.35. The van der Waals surface area contributed by atoms with Gasteiger partial charge in [-0.15, -0.1) is 0 Å². The lowest BCUT2D eigenvalue weighted by Gasteiger charge is -2.33. The molecule has 0 spiro atoms. The van der Waals surface area contributed by atoms with E-state index in [9.17, 15) is 4.79 Å². The van der Waals surface area contributed by atoms with Crippen molar-refractivity contribution in [3.05, 3.63) is 54.1 Å². The fourth-order valence-electron chi connectivity index (χ4n) is 3.14. The van der Waals surface area contributed by atoms with E-state index >= 15 is 0 Å². The number of urea groups is 1. The average molecular weight is 341 g/mol. The molecule has 0 aliphatic carbocycles. The zero-order valence-electron chi connectivity index (χ0n) is 14.9. The summed E-state index contributed by atoms with van der Waals surface area (Å²) in [7, 11) is 0. The summed E-state index contributed by atoms with van der Waals surface area (Å²) in [5, 5.41) is 3.01. The SMILES string of the molecule is CCN1CCN(C(=O)NCc2nccn2CCc2ccccc2)CC1. The number of carbonyl (C=O) groups excluding carboxylic acids is 1. The Bertz CT molecular complexity index is 661. The lowest BCUT2D eigenvalue weighted by atomic mass is 10.1. The third-order valence-electron chi connectivity index (χ3n) is 4.79. The Morgan fingerprint density at radius 3 is 2.64 bits per heavy atom. The fourth-order valence-corrected chi connectivity index (χ4v) is 3.14. The van der Waals surface area contributed by atoms with Crippen molar-refractivity contribution in [2.24, 2.45) is 0 Å². The Kier molecular flexibility index (Phi) is 6.06. The lowest BCUT2D eigenvalue weighted by molar-refractivity contribution is 0.142. The first-order valence-electron chi connectivity index (χ1n) is 9.05. The van der Waals surface area contributed by atoms with Crippen LogP contribution in [0.5, 0.6) is 0 Å². The molecule has 1 N–H and O–H groups in total. The normalized spacial score (nSPS) is 15.3. The maximum atomic E-state index is 12.3. The molecule has 1 aliphatic rings. The fraction of sp³-hybridized carbons (Fsp3) is 0.474. The van der Waals surface area contributed by atoms with Crippen LogP contribution < -0.4 is 5.32 Å². The van der Waals surface area contributed by atoms with Gasteiger partial charge in [0.1, 0.15) is 5.82 Å². The standard InChI is InChI=1S/C19H27N5O/c1-2-22-12-14-24(15-13-22)19(25)21-16-18-20-9-11-23(18)10-8-17-6-4-3-5-7-17/h3-7,9,11H,2,8,10,12-16H2,1H3,(H,21,25). The first-order valence-corrected chi connectivity index (χ1v) is 9.05. The van der Waals surface area contributed by atoms with Gasteiger partial charge in [0, 0.05) is 45.1 Å². The van der Waals surface area contributed by atoms with Crippen molar-refractivity contribution >= 4 is 6.03 Å². The van der Waals surface area contributed by atoms with Crippen molar-refractivity contribution < 1.29 is 4.79 Å². The average Bonchev–Trinajstić information content (AvgIpc) is 3.13. The number of aromatic nitrogens is 2. The Hall–Kier alpha value is -2.34. The van der Waals surface area contributed by atoms with Crippen LogP contribution in [0, 0.1) is 0 Å². The molecule has 6 heteroatoms. The van der Waals surface area contributed by atoms with Crippen molar-refractivity contribution in [3.8, 4) is 0 Å². The molecule has 1 fully saturated rings. The van der Waals surface area contributed by atoms with Crippen LogP contribution in [0.3, 0.4) is 0 Å². The Balaban J connectivity index is 1.47. The second-order valence-corrected chi connectivity index (χ2v) is 6.35. The molecule has 0 saturated carbocycles. The first kappa shape index (κ1) is 17.5. The molecule has 0 radical (unpaired) electrons. The molecule has 1 aliphatic heterocycles. The number of rotatable bonds is 6. The quantitative estimate of drug-likeness (QED) is 0.874. The summed E-state index contributed by atoms with van der Waals surface area (Å²) in [4.78, 5) is 21.0. The van der Waals surface area contributed by atoms with Crippen LogP contribution in [0.2, 0.25) is 0 Å². The number of amides is 2. The van der Waals surface area contributed by atoms with Crippen molar-refractivity contribution in [1.82, 2.24) is 24.7 Å². The first-order chi connectivity index (χ1) is 12.3. The third-order valence-corrected chi connectivity index (χ3v) is 4.79. The van der Waals surface area contributed by atoms with Crippen LogP contribution in [0.15, 0.2) is 42.7 Å². The van der Waals surface area contributed by atoms with E-state index in [-0.39, 0.29) is 6.03 Å². The van der Waals surface area contributed by atoms with Gasteiger partial charge in [-0.1, -0.05) is 37.3 Å². The van der Waals surface area contributed by atoms with Gasteiger partial charge in [0.2, 0.25) is 0 Å². The van der Waals surface area contributed by atoms with E-state index in [1.807, 2.05) is 17.2 Å². The zero-order valence-corrected chi connectivity index (χ0v) is 14.9. The van der Waals surface area contributed by atoms with Gasteiger partial charge in [0.05, 0.1) is 6.54 Å². The zero-order chi connectivity index (χ0) is 17.5. The number of nitrogens with zero attached hydrogens (tertiary/aromatic N) is 4.